The van der Waals surface area contributed by atoms with Crippen LogP contribution in [0.2, 0.25) is 0 Å². The Kier molecular flexibility index (Phi) is 4.94. The molecule has 2 heterocycles. The lowest BCUT2D eigenvalue weighted by molar-refractivity contribution is -0.154. The van der Waals surface area contributed by atoms with E-state index < -0.39 is 12.8 Å². The summed E-state index contributed by atoms with van der Waals surface area (Å²) in [5.41, 5.74) is 2.81. The molecule has 1 aromatic carbocycles. The number of hydrogen-bond donors (Lipinski definition) is 2. The van der Waals surface area contributed by atoms with Crippen molar-refractivity contribution in [1.82, 2.24) is 15.3 Å². The van der Waals surface area contributed by atoms with E-state index in [9.17, 15) is 18.0 Å². The summed E-state index contributed by atoms with van der Waals surface area (Å²) in [6, 6.07) is 12.7. The van der Waals surface area contributed by atoms with Crippen LogP contribution in [0, 0.1) is 5.92 Å². The minimum absolute atomic E-state index is 0.0430. The second-order valence-electron chi connectivity index (χ2n) is 7.32. The van der Waals surface area contributed by atoms with E-state index >= 15 is 0 Å². The van der Waals surface area contributed by atoms with E-state index in [4.69, 9.17) is 0 Å². The van der Waals surface area contributed by atoms with Crippen molar-refractivity contribution in [3.8, 4) is 5.88 Å². The molecule has 2 N–H and O–H groups in total. The SMILES string of the molecule is C[C@@H](NC(=O)C1CC1c1cc2ccccc2[nH]1)c1ccc(OCC(F)(F)F)nc1. The number of pyridine rings is 1. The lowest BCUT2D eigenvalue weighted by Crippen LogP contribution is -2.28. The van der Waals surface area contributed by atoms with E-state index in [0.717, 1.165) is 23.0 Å². The zero-order valence-corrected chi connectivity index (χ0v) is 15.7. The van der Waals surface area contributed by atoms with E-state index in [0.29, 0.717) is 5.56 Å². The summed E-state index contributed by atoms with van der Waals surface area (Å²) in [6.07, 6.45) is -2.21. The highest BCUT2D eigenvalue weighted by Gasteiger charge is 2.45. The van der Waals surface area contributed by atoms with Crippen molar-refractivity contribution in [2.75, 3.05) is 6.61 Å². The Balaban J connectivity index is 1.33. The average molecular weight is 403 g/mol. The van der Waals surface area contributed by atoms with Crippen molar-refractivity contribution in [2.45, 2.75) is 31.5 Å². The van der Waals surface area contributed by atoms with E-state index in [1.165, 1.54) is 12.3 Å². The van der Waals surface area contributed by atoms with E-state index in [1.807, 2.05) is 31.2 Å². The Morgan fingerprint density at radius 3 is 2.79 bits per heavy atom. The standard InChI is InChI=1S/C21H20F3N3O2/c1-12(14-6-7-19(25-10-14)29-11-21(22,23)24)26-20(28)16-9-15(16)18-8-13-4-2-3-5-17(13)27-18/h2-8,10,12,15-16,27H,9,11H2,1H3,(H,26,28)/t12-,15?,16?/m1/s1. The van der Waals surface area contributed by atoms with Crippen LogP contribution >= 0.6 is 0 Å². The van der Waals surface area contributed by atoms with Gasteiger partial charge in [-0.3, -0.25) is 4.79 Å². The number of rotatable bonds is 6. The number of aromatic amines is 1. The second kappa shape index (κ2) is 7.42. The summed E-state index contributed by atoms with van der Waals surface area (Å²) in [7, 11) is 0. The average Bonchev–Trinajstić information content (AvgIpc) is 3.38. The van der Waals surface area contributed by atoms with Crippen LogP contribution in [0.3, 0.4) is 0 Å². The Hall–Kier alpha value is -3.03. The van der Waals surface area contributed by atoms with E-state index in [-0.39, 0.29) is 29.7 Å². The molecule has 0 bridgehead atoms. The number of alkyl halides is 3. The molecule has 1 saturated carbocycles. The van der Waals surface area contributed by atoms with Crippen LogP contribution in [0.25, 0.3) is 10.9 Å². The highest BCUT2D eigenvalue weighted by atomic mass is 19.4. The molecule has 29 heavy (non-hydrogen) atoms. The number of amides is 1. The first-order valence-electron chi connectivity index (χ1n) is 9.34. The molecular formula is C21H20F3N3O2. The van der Waals surface area contributed by atoms with Gasteiger partial charge < -0.3 is 15.0 Å². The van der Waals surface area contributed by atoms with Crippen LogP contribution in [0.4, 0.5) is 13.2 Å². The van der Waals surface area contributed by atoms with Crippen molar-refractivity contribution in [1.29, 1.82) is 0 Å². The summed E-state index contributed by atoms with van der Waals surface area (Å²) < 4.78 is 41.2. The van der Waals surface area contributed by atoms with Gasteiger partial charge in [0.1, 0.15) is 0 Å². The van der Waals surface area contributed by atoms with Gasteiger partial charge in [0.15, 0.2) is 6.61 Å². The summed E-state index contributed by atoms with van der Waals surface area (Å²) in [4.78, 5) is 19.8. The molecule has 152 valence electrons. The number of ether oxygens (including phenoxy) is 1. The molecule has 2 unspecified atom stereocenters. The van der Waals surface area contributed by atoms with Gasteiger partial charge in [-0.15, -0.1) is 0 Å². The third kappa shape index (κ3) is 4.52. The van der Waals surface area contributed by atoms with Gasteiger partial charge in [0.05, 0.1) is 6.04 Å². The first-order chi connectivity index (χ1) is 13.8. The molecule has 0 saturated heterocycles. The maximum atomic E-state index is 12.6. The van der Waals surface area contributed by atoms with E-state index in [2.05, 4.69) is 26.1 Å². The van der Waals surface area contributed by atoms with Gasteiger partial charge in [-0.25, -0.2) is 4.98 Å². The van der Waals surface area contributed by atoms with Crippen molar-refractivity contribution in [2.24, 2.45) is 5.92 Å². The van der Waals surface area contributed by atoms with Crippen LogP contribution in [0.1, 0.15) is 36.6 Å². The van der Waals surface area contributed by atoms with Crippen molar-refractivity contribution < 1.29 is 22.7 Å². The topological polar surface area (TPSA) is 67.0 Å². The molecule has 0 radical (unpaired) electrons. The number of benzene rings is 1. The lowest BCUT2D eigenvalue weighted by Gasteiger charge is -2.15. The largest absolute Gasteiger partial charge is 0.468 e. The molecule has 3 aromatic rings. The van der Waals surface area contributed by atoms with Crippen LogP contribution in [0.15, 0.2) is 48.7 Å². The number of halogens is 3. The molecule has 8 heteroatoms. The fraction of sp³-hybridized carbons (Fsp3) is 0.333. The van der Waals surface area contributed by atoms with Gasteiger partial charge in [0.2, 0.25) is 11.8 Å². The van der Waals surface area contributed by atoms with Gasteiger partial charge in [-0.05, 0) is 36.4 Å². The first kappa shape index (κ1) is 19.3. The maximum absolute atomic E-state index is 12.6. The molecule has 1 aliphatic rings. The Labute approximate surface area is 165 Å². The first-order valence-corrected chi connectivity index (χ1v) is 9.34. The number of fused-ring (bicyclic) bond motifs is 1. The number of carbonyl (C=O) groups is 1. The maximum Gasteiger partial charge on any atom is 0.422 e. The van der Waals surface area contributed by atoms with Crippen molar-refractivity contribution >= 4 is 16.8 Å². The molecule has 5 nitrogen and oxygen atoms in total. The fourth-order valence-corrected chi connectivity index (χ4v) is 3.42. The summed E-state index contributed by atoms with van der Waals surface area (Å²) >= 11 is 0. The molecule has 0 aliphatic heterocycles. The predicted molar refractivity (Wildman–Crippen MR) is 101 cm³/mol. The zero-order valence-electron chi connectivity index (χ0n) is 15.7. The number of para-hydroxylation sites is 1. The van der Waals surface area contributed by atoms with Crippen LogP contribution in [0.5, 0.6) is 5.88 Å². The quantitative estimate of drug-likeness (QED) is 0.638. The minimum Gasteiger partial charge on any atom is -0.468 e. The molecule has 4 rings (SSSR count). The number of carbonyl (C=O) groups excluding carboxylic acids is 1. The smallest absolute Gasteiger partial charge is 0.422 e. The lowest BCUT2D eigenvalue weighted by atomic mass is 10.1. The molecule has 1 aliphatic carbocycles. The summed E-state index contributed by atoms with van der Waals surface area (Å²) in [5, 5.41) is 4.08. The predicted octanol–water partition coefficient (Wildman–Crippen LogP) is 4.48. The normalized spacial score (nSPS) is 19.7. The Morgan fingerprint density at radius 1 is 1.31 bits per heavy atom. The van der Waals surface area contributed by atoms with Gasteiger partial charge in [0.25, 0.3) is 0 Å². The Bertz CT molecular complexity index is 981. The van der Waals surface area contributed by atoms with E-state index in [1.54, 1.807) is 6.07 Å². The molecular weight excluding hydrogens is 383 g/mol. The summed E-state index contributed by atoms with van der Waals surface area (Å²) in [6.45, 7) is 0.425. The number of aromatic nitrogens is 2. The number of H-pyrrole nitrogens is 1. The minimum atomic E-state index is -4.41. The Morgan fingerprint density at radius 2 is 2.10 bits per heavy atom. The van der Waals surface area contributed by atoms with Gasteiger partial charge >= 0.3 is 6.18 Å². The molecule has 1 fully saturated rings. The van der Waals surface area contributed by atoms with Crippen molar-refractivity contribution in [3.05, 3.63) is 59.9 Å². The van der Waals surface area contributed by atoms with Crippen LogP contribution in [-0.4, -0.2) is 28.7 Å². The number of hydrogen-bond acceptors (Lipinski definition) is 3. The molecule has 0 spiro atoms. The molecule has 3 atom stereocenters. The number of nitrogens with one attached hydrogen (secondary N) is 2. The third-order valence-electron chi connectivity index (χ3n) is 5.08. The molecule has 1 amide bonds. The third-order valence-corrected chi connectivity index (χ3v) is 5.08. The zero-order chi connectivity index (χ0) is 20.6. The number of nitrogens with zero attached hydrogens (tertiary/aromatic N) is 1. The van der Waals surface area contributed by atoms with Crippen LogP contribution < -0.4 is 10.1 Å². The second-order valence-corrected chi connectivity index (χ2v) is 7.32. The van der Waals surface area contributed by atoms with Gasteiger partial charge in [0, 0.05) is 35.3 Å². The monoisotopic (exact) mass is 403 g/mol. The van der Waals surface area contributed by atoms with Gasteiger partial charge in [-0.1, -0.05) is 24.3 Å². The van der Waals surface area contributed by atoms with Crippen LogP contribution in [-0.2, 0) is 4.79 Å². The summed E-state index contributed by atoms with van der Waals surface area (Å²) in [5.74, 6) is -0.0667. The highest BCUT2D eigenvalue weighted by Crippen LogP contribution is 2.48. The highest BCUT2D eigenvalue weighted by molar-refractivity contribution is 5.85. The fourth-order valence-electron chi connectivity index (χ4n) is 3.42. The molecule has 2 aromatic heterocycles. The van der Waals surface area contributed by atoms with Crippen molar-refractivity contribution in [3.63, 3.8) is 0 Å². The van der Waals surface area contributed by atoms with Gasteiger partial charge in [-0.2, -0.15) is 13.2 Å².